The molecule has 6 nitrogen and oxygen atoms in total. The third kappa shape index (κ3) is 2.71. The number of carbonyl (C=O) groups is 2. The Morgan fingerprint density at radius 3 is 2.78 bits per heavy atom. The number of aliphatic carboxylic acids is 1. The molecule has 2 rings (SSSR count). The molecule has 0 fully saturated rings. The van der Waals surface area contributed by atoms with E-state index in [9.17, 15) is 9.59 Å². The lowest BCUT2D eigenvalue weighted by Gasteiger charge is -2.14. The van der Waals surface area contributed by atoms with E-state index in [1.165, 1.54) is 11.9 Å². The molecule has 18 heavy (non-hydrogen) atoms. The molecule has 0 spiro atoms. The Bertz CT molecular complexity index is 485. The number of carboxylic acids is 1. The molecule has 0 unspecified atom stereocenters. The average molecular weight is 251 g/mol. The fourth-order valence-electron chi connectivity index (χ4n) is 1.65. The van der Waals surface area contributed by atoms with Crippen LogP contribution in [0.1, 0.15) is 5.56 Å². The minimum Gasteiger partial charge on any atom is -0.480 e. The SMILES string of the molecule is CN(CC(=O)O)C(=O)Cc1ccc2c(c1)OCO2. The van der Waals surface area contributed by atoms with E-state index in [-0.39, 0.29) is 25.7 Å². The third-order valence-electron chi connectivity index (χ3n) is 2.59. The van der Waals surface area contributed by atoms with Crippen LogP contribution in [0.25, 0.3) is 0 Å². The third-order valence-corrected chi connectivity index (χ3v) is 2.59. The van der Waals surface area contributed by atoms with Crippen molar-refractivity contribution in [2.45, 2.75) is 6.42 Å². The number of nitrogens with zero attached hydrogens (tertiary/aromatic N) is 1. The minimum absolute atomic E-state index is 0.139. The molecule has 1 N–H and O–H groups in total. The van der Waals surface area contributed by atoms with E-state index in [2.05, 4.69) is 0 Å². The van der Waals surface area contributed by atoms with Crippen molar-refractivity contribution in [1.29, 1.82) is 0 Å². The van der Waals surface area contributed by atoms with Gasteiger partial charge in [0.05, 0.1) is 6.42 Å². The first-order valence-corrected chi connectivity index (χ1v) is 5.40. The van der Waals surface area contributed by atoms with Crippen LogP contribution in [0.5, 0.6) is 11.5 Å². The first kappa shape index (κ1) is 12.2. The van der Waals surface area contributed by atoms with Gasteiger partial charge in [-0.1, -0.05) is 6.07 Å². The molecule has 1 aliphatic heterocycles. The maximum absolute atomic E-state index is 11.7. The molecule has 1 aromatic carbocycles. The predicted octanol–water partition coefficient (Wildman–Crippen LogP) is 0.501. The number of hydrogen-bond donors (Lipinski definition) is 1. The van der Waals surface area contributed by atoms with Gasteiger partial charge in [-0.3, -0.25) is 9.59 Å². The van der Waals surface area contributed by atoms with E-state index < -0.39 is 5.97 Å². The van der Waals surface area contributed by atoms with Crippen molar-refractivity contribution in [3.63, 3.8) is 0 Å². The summed E-state index contributed by atoms with van der Waals surface area (Å²) in [5.74, 6) is -0.0147. The molecule has 6 heteroatoms. The normalized spacial score (nSPS) is 12.3. The average Bonchev–Trinajstić information content (AvgIpc) is 2.75. The van der Waals surface area contributed by atoms with Crippen LogP contribution in [0.2, 0.25) is 0 Å². The van der Waals surface area contributed by atoms with Crippen molar-refractivity contribution in [2.75, 3.05) is 20.4 Å². The number of likely N-dealkylation sites (N-methyl/N-ethyl adjacent to an activating group) is 1. The number of benzene rings is 1. The Morgan fingerprint density at radius 2 is 2.06 bits per heavy atom. The summed E-state index contributed by atoms with van der Waals surface area (Å²) < 4.78 is 10.4. The van der Waals surface area contributed by atoms with E-state index in [0.717, 1.165) is 5.56 Å². The summed E-state index contributed by atoms with van der Waals surface area (Å²) in [5.41, 5.74) is 0.765. The van der Waals surface area contributed by atoms with Gasteiger partial charge < -0.3 is 19.5 Å². The molecular formula is C12H13NO5. The van der Waals surface area contributed by atoms with Gasteiger partial charge in [-0.25, -0.2) is 0 Å². The second-order valence-corrected chi connectivity index (χ2v) is 4.01. The lowest BCUT2D eigenvalue weighted by Crippen LogP contribution is -2.33. The van der Waals surface area contributed by atoms with Crippen LogP contribution in [-0.2, 0) is 16.0 Å². The van der Waals surface area contributed by atoms with Crippen LogP contribution >= 0.6 is 0 Å². The summed E-state index contributed by atoms with van der Waals surface area (Å²) in [4.78, 5) is 23.4. The van der Waals surface area contributed by atoms with Crippen molar-refractivity contribution in [3.8, 4) is 11.5 Å². The zero-order valence-electron chi connectivity index (χ0n) is 9.88. The van der Waals surface area contributed by atoms with E-state index in [0.29, 0.717) is 11.5 Å². The van der Waals surface area contributed by atoms with Crippen LogP contribution in [0.4, 0.5) is 0 Å². The van der Waals surface area contributed by atoms with E-state index >= 15 is 0 Å². The fourth-order valence-corrected chi connectivity index (χ4v) is 1.65. The molecule has 1 heterocycles. The number of rotatable bonds is 4. The second kappa shape index (κ2) is 4.95. The molecule has 1 aliphatic rings. The van der Waals surface area contributed by atoms with Crippen LogP contribution < -0.4 is 9.47 Å². The molecular weight excluding hydrogens is 238 g/mol. The van der Waals surface area contributed by atoms with Gasteiger partial charge in [0.1, 0.15) is 6.54 Å². The minimum atomic E-state index is -1.03. The van der Waals surface area contributed by atoms with Crippen molar-refractivity contribution >= 4 is 11.9 Å². The molecule has 1 amide bonds. The Morgan fingerprint density at radius 1 is 1.33 bits per heavy atom. The van der Waals surface area contributed by atoms with Gasteiger partial charge >= 0.3 is 5.97 Å². The fraction of sp³-hybridized carbons (Fsp3) is 0.333. The van der Waals surface area contributed by atoms with Crippen LogP contribution in [0, 0.1) is 0 Å². The zero-order chi connectivity index (χ0) is 13.1. The summed E-state index contributed by atoms with van der Waals surface area (Å²) in [6.07, 6.45) is 0.139. The number of carbonyl (C=O) groups excluding carboxylic acids is 1. The van der Waals surface area contributed by atoms with Crippen LogP contribution in [-0.4, -0.2) is 42.3 Å². The molecule has 0 aromatic heterocycles. The lowest BCUT2D eigenvalue weighted by molar-refractivity contribution is -0.143. The van der Waals surface area contributed by atoms with Crippen molar-refractivity contribution in [3.05, 3.63) is 23.8 Å². The molecule has 0 radical (unpaired) electrons. The summed E-state index contributed by atoms with van der Waals surface area (Å²) in [6, 6.07) is 5.23. The first-order chi connectivity index (χ1) is 8.56. The quantitative estimate of drug-likeness (QED) is 0.843. The highest BCUT2D eigenvalue weighted by molar-refractivity contribution is 5.82. The summed E-state index contributed by atoms with van der Waals surface area (Å²) in [7, 11) is 1.46. The molecule has 0 bridgehead atoms. The highest BCUT2D eigenvalue weighted by Crippen LogP contribution is 2.32. The molecule has 0 atom stereocenters. The highest BCUT2D eigenvalue weighted by atomic mass is 16.7. The first-order valence-electron chi connectivity index (χ1n) is 5.40. The van der Waals surface area contributed by atoms with Crippen molar-refractivity contribution in [2.24, 2.45) is 0 Å². The molecule has 0 saturated heterocycles. The van der Waals surface area contributed by atoms with Crippen molar-refractivity contribution < 1.29 is 24.2 Å². The number of carboxylic acid groups (broad SMARTS) is 1. The molecule has 1 aromatic rings. The summed E-state index contributed by atoms with van der Waals surface area (Å²) in [5, 5.41) is 8.60. The second-order valence-electron chi connectivity index (χ2n) is 4.01. The maximum Gasteiger partial charge on any atom is 0.323 e. The zero-order valence-corrected chi connectivity index (χ0v) is 9.88. The van der Waals surface area contributed by atoms with E-state index in [1.807, 2.05) is 0 Å². The van der Waals surface area contributed by atoms with E-state index in [1.54, 1.807) is 18.2 Å². The Kier molecular flexibility index (Phi) is 3.36. The highest BCUT2D eigenvalue weighted by Gasteiger charge is 2.16. The van der Waals surface area contributed by atoms with Gasteiger partial charge in [-0.15, -0.1) is 0 Å². The van der Waals surface area contributed by atoms with Gasteiger partial charge in [0.25, 0.3) is 0 Å². The number of fused-ring (bicyclic) bond motifs is 1. The van der Waals surface area contributed by atoms with Gasteiger partial charge in [0.15, 0.2) is 11.5 Å². The largest absolute Gasteiger partial charge is 0.480 e. The predicted molar refractivity (Wildman–Crippen MR) is 61.5 cm³/mol. The van der Waals surface area contributed by atoms with E-state index in [4.69, 9.17) is 14.6 Å². The Balaban J connectivity index is 2.01. The van der Waals surface area contributed by atoms with Crippen molar-refractivity contribution in [1.82, 2.24) is 4.90 Å². The van der Waals surface area contributed by atoms with Gasteiger partial charge in [-0.05, 0) is 17.7 Å². The molecule has 0 saturated carbocycles. The molecule has 96 valence electrons. The topological polar surface area (TPSA) is 76.1 Å². The lowest BCUT2D eigenvalue weighted by atomic mass is 10.1. The van der Waals surface area contributed by atoms with Gasteiger partial charge in [-0.2, -0.15) is 0 Å². The van der Waals surface area contributed by atoms with Gasteiger partial charge in [0.2, 0.25) is 12.7 Å². The van der Waals surface area contributed by atoms with Gasteiger partial charge in [0, 0.05) is 7.05 Å². The van der Waals surface area contributed by atoms with Crippen LogP contribution in [0.3, 0.4) is 0 Å². The summed E-state index contributed by atoms with van der Waals surface area (Å²) in [6.45, 7) is -0.116. The standard InChI is InChI=1S/C12H13NO5/c1-13(6-12(15)16)11(14)5-8-2-3-9-10(4-8)18-7-17-9/h2-4H,5-7H2,1H3,(H,15,16). The molecule has 0 aliphatic carbocycles. The number of ether oxygens (including phenoxy) is 2. The maximum atomic E-state index is 11.7. The summed E-state index contributed by atoms with van der Waals surface area (Å²) >= 11 is 0. The monoisotopic (exact) mass is 251 g/mol. The number of amides is 1. The van der Waals surface area contributed by atoms with Crippen LogP contribution in [0.15, 0.2) is 18.2 Å². The Labute approximate surface area is 104 Å². The smallest absolute Gasteiger partial charge is 0.323 e. The Hall–Kier alpha value is -2.24. The number of hydrogen-bond acceptors (Lipinski definition) is 4.